The third-order valence-corrected chi connectivity index (χ3v) is 4.66. The van der Waals surface area contributed by atoms with E-state index in [0.717, 1.165) is 38.4 Å². The van der Waals surface area contributed by atoms with E-state index < -0.39 is 0 Å². The third kappa shape index (κ3) is 3.52. The second kappa shape index (κ2) is 6.69. The van der Waals surface area contributed by atoms with Gasteiger partial charge in [-0.1, -0.05) is 34.6 Å². The normalized spacial score (nSPS) is 17.0. The molecular weight excluding hydrogens is 258 g/mol. The summed E-state index contributed by atoms with van der Waals surface area (Å²) < 4.78 is 0. The zero-order chi connectivity index (χ0) is 15.6. The standard InChI is InChI=1S/C18H31N3/c1-6-20-7-9-21(10-8-20)15-11-16(13(2)3)18(19)17(12-15)14(4)5/h11-14H,6-10,19H2,1-5H3. The lowest BCUT2D eigenvalue weighted by Crippen LogP contribution is -2.46. The minimum absolute atomic E-state index is 0.472. The van der Waals surface area contributed by atoms with Crippen molar-refractivity contribution in [3.63, 3.8) is 0 Å². The lowest BCUT2D eigenvalue weighted by atomic mass is 9.92. The number of hydrogen-bond donors (Lipinski definition) is 1. The van der Waals surface area contributed by atoms with E-state index in [9.17, 15) is 0 Å². The molecule has 1 aromatic carbocycles. The van der Waals surface area contributed by atoms with Crippen molar-refractivity contribution in [1.29, 1.82) is 0 Å². The van der Waals surface area contributed by atoms with Crippen molar-refractivity contribution in [3.8, 4) is 0 Å². The van der Waals surface area contributed by atoms with Crippen LogP contribution in [0.5, 0.6) is 0 Å². The summed E-state index contributed by atoms with van der Waals surface area (Å²) >= 11 is 0. The topological polar surface area (TPSA) is 32.5 Å². The number of piperazine rings is 1. The van der Waals surface area contributed by atoms with Crippen LogP contribution in [0.4, 0.5) is 11.4 Å². The zero-order valence-corrected chi connectivity index (χ0v) is 14.3. The van der Waals surface area contributed by atoms with Gasteiger partial charge in [0, 0.05) is 37.6 Å². The minimum Gasteiger partial charge on any atom is -0.398 e. The second-order valence-electron chi connectivity index (χ2n) is 6.77. The van der Waals surface area contributed by atoms with Crippen LogP contribution in [0.15, 0.2) is 12.1 Å². The molecule has 1 aliphatic rings. The fourth-order valence-electron chi connectivity index (χ4n) is 3.14. The van der Waals surface area contributed by atoms with Gasteiger partial charge in [0.15, 0.2) is 0 Å². The summed E-state index contributed by atoms with van der Waals surface area (Å²) in [6.45, 7) is 16.9. The van der Waals surface area contributed by atoms with Crippen LogP contribution in [0, 0.1) is 0 Å². The molecule has 3 heteroatoms. The van der Waals surface area contributed by atoms with Crippen LogP contribution in [0.3, 0.4) is 0 Å². The first-order valence-electron chi connectivity index (χ1n) is 8.34. The van der Waals surface area contributed by atoms with Crippen molar-refractivity contribution in [3.05, 3.63) is 23.3 Å². The van der Waals surface area contributed by atoms with Gasteiger partial charge < -0.3 is 15.5 Å². The predicted octanol–water partition coefficient (Wildman–Crippen LogP) is 3.66. The molecule has 0 spiro atoms. The summed E-state index contributed by atoms with van der Waals surface area (Å²) in [5.41, 5.74) is 11.4. The molecule has 0 unspecified atom stereocenters. The average molecular weight is 289 g/mol. The Morgan fingerprint density at radius 2 is 1.43 bits per heavy atom. The number of hydrogen-bond acceptors (Lipinski definition) is 3. The van der Waals surface area contributed by atoms with Gasteiger partial charge in [-0.05, 0) is 41.6 Å². The number of rotatable bonds is 4. The van der Waals surface area contributed by atoms with Gasteiger partial charge in [-0.25, -0.2) is 0 Å². The van der Waals surface area contributed by atoms with E-state index in [1.54, 1.807) is 0 Å². The molecule has 0 aliphatic carbocycles. The smallest absolute Gasteiger partial charge is 0.0385 e. The van der Waals surface area contributed by atoms with Crippen LogP contribution in [-0.2, 0) is 0 Å². The van der Waals surface area contributed by atoms with Gasteiger partial charge in [0.25, 0.3) is 0 Å². The van der Waals surface area contributed by atoms with E-state index in [0.29, 0.717) is 11.8 Å². The van der Waals surface area contributed by atoms with E-state index in [4.69, 9.17) is 5.73 Å². The first-order valence-corrected chi connectivity index (χ1v) is 8.34. The molecule has 2 rings (SSSR count). The van der Waals surface area contributed by atoms with E-state index in [1.807, 2.05) is 0 Å². The fraction of sp³-hybridized carbons (Fsp3) is 0.667. The molecule has 0 aromatic heterocycles. The van der Waals surface area contributed by atoms with Crippen molar-refractivity contribution in [2.75, 3.05) is 43.4 Å². The molecule has 0 radical (unpaired) electrons. The molecule has 1 heterocycles. The number of nitrogens with two attached hydrogens (primary N) is 1. The average Bonchev–Trinajstić information content (AvgIpc) is 2.47. The van der Waals surface area contributed by atoms with Crippen molar-refractivity contribution in [2.24, 2.45) is 0 Å². The highest BCUT2D eigenvalue weighted by Crippen LogP contribution is 2.34. The van der Waals surface area contributed by atoms with Gasteiger partial charge in [0.1, 0.15) is 0 Å². The van der Waals surface area contributed by atoms with Crippen molar-refractivity contribution < 1.29 is 0 Å². The number of nitrogen functional groups attached to an aromatic ring is 1. The van der Waals surface area contributed by atoms with E-state index in [-0.39, 0.29) is 0 Å². The summed E-state index contributed by atoms with van der Waals surface area (Å²) in [4.78, 5) is 5.03. The highest BCUT2D eigenvalue weighted by atomic mass is 15.3. The van der Waals surface area contributed by atoms with Crippen LogP contribution in [0.25, 0.3) is 0 Å². The first-order chi connectivity index (χ1) is 9.93. The molecule has 1 aromatic rings. The Morgan fingerprint density at radius 3 is 1.81 bits per heavy atom. The second-order valence-corrected chi connectivity index (χ2v) is 6.77. The molecule has 1 fully saturated rings. The van der Waals surface area contributed by atoms with Gasteiger partial charge in [0.2, 0.25) is 0 Å². The number of likely N-dealkylation sites (N-methyl/N-ethyl adjacent to an activating group) is 1. The lowest BCUT2D eigenvalue weighted by Gasteiger charge is -2.36. The van der Waals surface area contributed by atoms with Crippen LogP contribution in [-0.4, -0.2) is 37.6 Å². The quantitative estimate of drug-likeness (QED) is 0.859. The van der Waals surface area contributed by atoms with E-state index >= 15 is 0 Å². The van der Waals surface area contributed by atoms with Crippen LogP contribution in [0.2, 0.25) is 0 Å². The Hall–Kier alpha value is -1.22. The summed E-state index contributed by atoms with van der Waals surface area (Å²) in [6.07, 6.45) is 0. The summed E-state index contributed by atoms with van der Waals surface area (Å²) in [5.74, 6) is 0.943. The maximum absolute atomic E-state index is 6.40. The monoisotopic (exact) mass is 289 g/mol. The maximum Gasteiger partial charge on any atom is 0.0385 e. The molecule has 118 valence electrons. The van der Waals surface area contributed by atoms with Crippen LogP contribution < -0.4 is 10.6 Å². The Bertz CT molecular complexity index is 442. The molecule has 1 aliphatic heterocycles. The van der Waals surface area contributed by atoms with Gasteiger partial charge in [0.05, 0.1) is 0 Å². The zero-order valence-electron chi connectivity index (χ0n) is 14.3. The first kappa shape index (κ1) is 16.2. The largest absolute Gasteiger partial charge is 0.398 e. The predicted molar refractivity (Wildman–Crippen MR) is 93.4 cm³/mol. The third-order valence-electron chi connectivity index (χ3n) is 4.66. The van der Waals surface area contributed by atoms with Crippen molar-refractivity contribution in [1.82, 2.24) is 4.90 Å². The van der Waals surface area contributed by atoms with Crippen LogP contribution in [0.1, 0.15) is 57.6 Å². The molecule has 0 atom stereocenters. The summed E-state index contributed by atoms with van der Waals surface area (Å²) in [7, 11) is 0. The molecule has 2 N–H and O–H groups in total. The fourth-order valence-corrected chi connectivity index (χ4v) is 3.14. The molecular formula is C18H31N3. The highest BCUT2D eigenvalue weighted by Gasteiger charge is 2.19. The Kier molecular flexibility index (Phi) is 5.15. The Balaban J connectivity index is 2.31. The maximum atomic E-state index is 6.40. The highest BCUT2D eigenvalue weighted by molar-refractivity contribution is 5.65. The molecule has 0 bridgehead atoms. The van der Waals surface area contributed by atoms with E-state index in [1.165, 1.54) is 16.8 Å². The molecule has 1 saturated heterocycles. The lowest BCUT2D eigenvalue weighted by molar-refractivity contribution is 0.271. The van der Waals surface area contributed by atoms with Crippen LogP contribution >= 0.6 is 0 Å². The number of anilines is 2. The van der Waals surface area contributed by atoms with Crippen molar-refractivity contribution >= 4 is 11.4 Å². The summed E-state index contributed by atoms with van der Waals surface area (Å²) in [6, 6.07) is 4.63. The molecule has 0 amide bonds. The van der Waals surface area contributed by atoms with Crippen molar-refractivity contribution in [2.45, 2.75) is 46.5 Å². The molecule has 21 heavy (non-hydrogen) atoms. The number of nitrogens with zero attached hydrogens (tertiary/aromatic N) is 2. The SMILES string of the molecule is CCN1CCN(c2cc(C(C)C)c(N)c(C(C)C)c2)CC1. The molecule has 3 nitrogen and oxygen atoms in total. The van der Waals surface area contributed by atoms with E-state index in [2.05, 4.69) is 56.6 Å². The van der Waals surface area contributed by atoms with Gasteiger partial charge in [-0.3, -0.25) is 0 Å². The summed E-state index contributed by atoms with van der Waals surface area (Å²) in [5, 5.41) is 0. The number of benzene rings is 1. The Labute approximate surface area is 130 Å². The van der Waals surface area contributed by atoms with Gasteiger partial charge >= 0.3 is 0 Å². The Morgan fingerprint density at radius 1 is 0.952 bits per heavy atom. The minimum atomic E-state index is 0.472. The molecule has 0 saturated carbocycles. The van der Waals surface area contributed by atoms with Gasteiger partial charge in [-0.15, -0.1) is 0 Å². The van der Waals surface area contributed by atoms with Gasteiger partial charge in [-0.2, -0.15) is 0 Å².